The number of anilines is 1. The summed E-state index contributed by atoms with van der Waals surface area (Å²) in [5, 5.41) is 0. The normalized spacial score (nSPS) is 11.6. The third-order valence-electron chi connectivity index (χ3n) is 2.95. The van der Waals surface area contributed by atoms with Crippen molar-refractivity contribution in [2.45, 2.75) is 25.2 Å². The van der Waals surface area contributed by atoms with Crippen LogP contribution in [0.1, 0.15) is 18.9 Å². The number of nitrogen functional groups attached to an aromatic ring is 1. The molecular formula is C13H20N2O4S. The Morgan fingerprint density at radius 2 is 2.05 bits per heavy atom. The number of hydrogen-bond donors (Lipinski definition) is 1. The van der Waals surface area contributed by atoms with E-state index in [0.717, 1.165) is 4.31 Å². The standard InChI is InChI=1S/C13H20N2O4S/c1-4-8-15(9-13(16)19-3)20(17,18)12-7-5-6-11(14)10(12)2/h5-7H,4,8-9,14H2,1-3H3. The molecule has 1 aromatic carbocycles. The zero-order chi connectivity index (χ0) is 15.3. The summed E-state index contributed by atoms with van der Waals surface area (Å²) in [4.78, 5) is 11.5. The topological polar surface area (TPSA) is 89.7 Å². The van der Waals surface area contributed by atoms with Gasteiger partial charge in [-0.15, -0.1) is 0 Å². The molecule has 0 saturated heterocycles. The molecule has 0 bridgehead atoms. The van der Waals surface area contributed by atoms with Crippen molar-refractivity contribution in [3.05, 3.63) is 23.8 Å². The molecule has 1 aromatic rings. The summed E-state index contributed by atoms with van der Waals surface area (Å²) < 4.78 is 30.9. The first-order valence-electron chi connectivity index (χ1n) is 6.26. The van der Waals surface area contributed by atoms with Crippen LogP contribution in [0.5, 0.6) is 0 Å². The van der Waals surface area contributed by atoms with Crippen molar-refractivity contribution in [1.82, 2.24) is 4.31 Å². The average molecular weight is 300 g/mol. The number of rotatable bonds is 6. The Morgan fingerprint density at radius 1 is 1.40 bits per heavy atom. The van der Waals surface area contributed by atoms with Crippen LogP contribution < -0.4 is 5.73 Å². The van der Waals surface area contributed by atoms with Gasteiger partial charge in [0.1, 0.15) is 6.54 Å². The lowest BCUT2D eigenvalue weighted by Gasteiger charge is -2.21. The quantitative estimate of drug-likeness (QED) is 0.629. The smallest absolute Gasteiger partial charge is 0.321 e. The minimum absolute atomic E-state index is 0.120. The lowest BCUT2D eigenvalue weighted by molar-refractivity contribution is -0.140. The third kappa shape index (κ3) is 3.49. The number of nitrogens with zero attached hydrogens (tertiary/aromatic N) is 1. The molecule has 1 rings (SSSR count). The van der Waals surface area contributed by atoms with Crippen molar-refractivity contribution in [1.29, 1.82) is 0 Å². The van der Waals surface area contributed by atoms with Crippen LogP contribution >= 0.6 is 0 Å². The summed E-state index contributed by atoms with van der Waals surface area (Å²) in [6.07, 6.45) is 0.595. The van der Waals surface area contributed by atoms with E-state index in [1.807, 2.05) is 6.92 Å². The molecule has 0 aliphatic heterocycles. The summed E-state index contributed by atoms with van der Waals surface area (Å²) in [5.74, 6) is -0.594. The SMILES string of the molecule is CCCN(CC(=O)OC)S(=O)(=O)c1cccc(N)c1C. The predicted molar refractivity (Wildman–Crippen MR) is 76.7 cm³/mol. The van der Waals surface area contributed by atoms with Gasteiger partial charge in [0.2, 0.25) is 10.0 Å². The number of esters is 1. The fourth-order valence-electron chi connectivity index (χ4n) is 1.79. The Hall–Kier alpha value is -1.60. The highest BCUT2D eigenvalue weighted by Crippen LogP contribution is 2.24. The van der Waals surface area contributed by atoms with E-state index < -0.39 is 16.0 Å². The maximum atomic E-state index is 12.6. The zero-order valence-corrected chi connectivity index (χ0v) is 12.7. The fourth-order valence-corrected chi connectivity index (χ4v) is 3.52. The highest BCUT2D eigenvalue weighted by molar-refractivity contribution is 7.89. The molecule has 0 fully saturated rings. The van der Waals surface area contributed by atoms with Gasteiger partial charge in [-0.1, -0.05) is 13.0 Å². The molecule has 0 atom stereocenters. The monoisotopic (exact) mass is 300 g/mol. The van der Waals surface area contributed by atoms with Gasteiger partial charge in [-0.2, -0.15) is 4.31 Å². The van der Waals surface area contributed by atoms with Crippen LogP contribution in [0.15, 0.2) is 23.1 Å². The minimum Gasteiger partial charge on any atom is -0.468 e. The van der Waals surface area contributed by atoms with Gasteiger partial charge in [0.15, 0.2) is 0 Å². The Morgan fingerprint density at radius 3 is 2.60 bits per heavy atom. The van der Waals surface area contributed by atoms with Gasteiger partial charge in [-0.3, -0.25) is 4.79 Å². The Bertz CT molecular complexity index is 584. The van der Waals surface area contributed by atoms with E-state index in [9.17, 15) is 13.2 Å². The van der Waals surface area contributed by atoms with Crippen LogP contribution in [-0.4, -0.2) is 38.9 Å². The first-order valence-corrected chi connectivity index (χ1v) is 7.70. The molecule has 6 nitrogen and oxygen atoms in total. The lowest BCUT2D eigenvalue weighted by Crippen LogP contribution is -2.37. The Kier molecular flexibility index (Phi) is 5.52. The molecule has 0 unspecified atom stereocenters. The van der Waals surface area contributed by atoms with Crippen LogP contribution in [0.4, 0.5) is 5.69 Å². The molecule has 0 amide bonds. The molecule has 0 aliphatic rings. The van der Waals surface area contributed by atoms with E-state index in [2.05, 4.69) is 4.74 Å². The van der Waals surface area contributed by atoms with Crippen molar-refractivity contribution in [3.63, 3.8) is 0 Å². The van der Waals surface area contributed by atoms with E-state index in [-0.39, 0.29) is 18.0 Å². The van der Waals surface area contributed by atoms with Crippen LogP contribution in [-0.2, 0) is 19.6 Å². The number of sulfonamides is 1. The van der Waals surface area contributed by atoms with Gasteiger partial charge in [0, 0.05) is 12.2 Å². The number of benzene rings is 1. The fraction of sp³-hybridized carbons (Fsp3) is 0.462. The summed E-state index contributed by atoms with van der Waals surface area (Å²) in [5.41, 5.74) is 6.63. The van der Waals surface area contributed by atoms with Gasteiger partial charge < -0.3 is 10.5 Å². The Balaban J connectivity index is 3.22. The van der Waals surface area contributed by atoms with E-state index in [1.54, 1.807) is 19.1 Å². The molecular weight excluding hydrogens is 280 g/mol. The van der Waals surface area contributed by atoms with Crippen LogP contribution in [0.25, 0.3) is 0 Å². The van der Waals surface area contributed by atoms with E-state index >= 15 is 0 Å². The molecule has 112 valence electrons. The van der Waals surface area contributed by atoms with Gasteiger partial charge in [0.05, 0.1) is 12.0 Å². The summed E-state index contributed by atoms with van der Waals surface area (Å²) in [6.45, 7) is 3.42. The number of methoxy groups -OCH3 is 1. The van der Waals surface area contributed by atoms with Crippen molar-refractivity contribution in [2.75, 3.05) is 25.9 Å². The van der Waals surface area contributed by atoms with Gasteiger partial charge >= 0.3 is 5.97 Å². The van der Waals surface area contributed by atoms with E-state index in [0.29, 0.717) is 17.7 Å². The van der Waals surface area contributed by atoms with Crippen LogP contribution in [0, 0.1) is 6.92 Å². The third-order valence-corrected chi connectivity index (χ3v) is 4.94. The van der Waals surface area contributed by atoms with Crippen LogP contribution in [0.2, 0.25) is 0 Å². The van der Waals surface area contributed by atoms with E-state index in [1.165, 1.54) is 13.2 Å². The number of nitrogens with two attached hydrogens (primary N) is 1. The summed E-state index contributed by atoms with van der Waals surface area (Å²) in [6, 6.07) is 4.71. The largest absolute Gasteiger partial charge is 0.468 e. The first-order chi connectivity index (χ1) is 9.34. The lowest BCUT2D eigenvalue weighted by atomic mass is 10.2. The molecule has 0 aliphatic carbocycles. The molecule has 0 heterocycles. The second-order valence-electron chi connectivity index (χ2n) is 4.39. The molecule has 20 heavy (non-hydrogen) atoms. The van der Waals surface area contributed by atoms with E-state index in [4.69, 9.17) is 5.73 Å². The van der Waals surface area contributed by atoms with Gasteiger partial charge in [-0.25, -0.2) is 8.42 Å². The maximum absolute atomic E-state index is 12.6. The molecule has 0 saturated carbocycles. The second kappa shape index (κ2) is 6.71. The highest BCUT2D eigenvalue weighted by atomic mass is 32.2. The number of carbonyl (C=O) groups is 1. The van der Waals surface area contributed by atoms with Crippen molar-refractivity contribution < 1.29 is 17.9 Å². The molecule has 0 aromatic heterocycles. The number of ether oxygens (including phenoxy) is 1. The molecule has 2 N–H and O–H groups in total. The molecule has 0 spiro atoms. The van der Waals surface area contributed by atoms with Gasteiger partial charge in [-0.05, 0) is 31.0 Å². The first kappa shape index (κ1) is 16.5. The van der Waals surface area contributed by atoms with Crippen LogP contribution in [0.3, 0.4) is 0 Å². The average Bonchev–Trinajstić information content (AvgIpc) is 2.40. The Labute approximate surface area is 119 Å². The van der Waals surface area contributed by atoms with Crippen molar-refractivity contribution >= 4 is 21.7 Å². The second-order valence-corrected chi connectivity index (χ2v) is 6.29. The summed E-state index contributed by atoms with van der Waals surface area (Å²) >= 11 is 0. The summed E-state index contributed by atoms with van der Waals surface area (Å²) in [7, 11) is -2.54. The van der Waals surface area contributed by atoms with Gasteiger partial charge in [0.25, 0.3) is 0 Å². The number of carbonyl (C=O) groups excluding carboxylic acids is 1. The van der Waals surface area contributed by atoms with Crippen molar-refractivity contribution in [3.8, 4) is 0 Å². The molecule has 7 heteroatoms. The minimum atomic E-state index is -3.77. The predicted octanol–water partition coefficient (Wildman–Crippen LogP) is 1.15. The molecule has 0 radical (unpaired) electrons. The maximum Gasteiger partial charge on any atom is 0.321 e. The zero-order valence-electron chi connectivity index (χ0n) is 11.9. The van der Waals surface area contributed by atoms with Crippen molar-refractivity contribution in [2.24, 2.45) is 0 Å². The number of hydrogen-bond acceptors (Lipinski definition) is 5. The highest BCUT2D eigenvalue weighted by Gasteiger charge is 2.28.